The largest absolute Gasteiger partial charge is 0.497 e. The highest BCUT2D eigenvalue weighted by molar-refractivity contribution is 5.83. The van der Waals surface area contributed by atoms with Crippen LogP contribution in [0.2, 0.25) is 0 Å². The maximum absolute atomic E-state index is 12.0. The van der Waals surface area contributed by atoms with E-state index in [1.54, 1.807) is 32.4 Å². The van der Waals surface area contributed by atoms with E-state index < -0.39 is 18.0 Å². The average Bonchev–Trinajstić information content (AvgIpc) is 2.56. The van der Waals surface area contributed by atoms with Gasteiger partial charge in [0.25, 0.3) is 0 Å². The molecule has 0 saturated heterocycles. The predicted molar refractivity (Wildman–Crippen MR) is 85.6 cm³/mol. The molecule has 0 saturated carbocycles. The maximum Gasteiger partial charge on any atom is 0.328 e. The summed E-state index contributed by atoms with van der Waals surface area (Å²) in [6, 6.07) is 4.17. The summed E-state index contributed by atoms with van der Waals surface area (Å²) in [4.78, 5) is 23.6. The second kappa shape index (κ2) is 8.87. The van der Waals surface area contributed by atoms with Crippen molar-refractivity contribution in [2.45, 2.75) is 26.4 Å². The average molecular weight is 324 g/mol. The monoisotopic (exact) mass is 324 g/mol. The van der Waals surface area contributed by atoms with Gasteiger partial charge in [0.15, 0.2) is 0 Å². The molecule has 1 aromatic rings. The van der Waals surface area contributed by atoms with Crippen LogP contribution in [0.5, 0.6) is 11.5 Å². The van der Waals surface area contributed by atoms with Gasteiger partial charge in [-0.3, -0.25) is 0 Å². The lowest BCUT2D eigenvalue weighted by Gasteiger charge is -2.20. The number of methoxy groups -OCH3 is 3. The molecule has 0 aromatic heterocycles. The second-order valence-corrected chi connectivity index (χ2v) is 5.25. The molecule has 0 aliphatic carbocycles. The molecule has 0 heterocycles. The van der Waals surface area contributed by atoms with Crippen molar-refractivity contribution in [2.75, 3.05) is 21.3 Å². The zero-order valence-electron chi connectivity index (χ0n) is 14.1. The molecular formula is C16H24N2O5. The highest BCUT2D eigenvalue weighted by Gasteiger charge is 2.24. The van der Waals surface area contributed by atoms with Crippen LogP contribution >= 0.6 is 0 Å². The van der Waals surface area contributed by atoms with Gasteiger partial charge >= 0.3 is 12.0 Å². The van der Waals surface area contributed by atoms with E-state index in [9.17, 15) is 9.59 Å². The molecule has 1 rings (SSSR count). The molecule has 0 aliphatic rings. The third-order valence-corrected chi connectivity index (χ3v) is 3.34. The van der Waals surface area contributed by atoms with Crippen molar-refractivity contribution in [3.8, 4) is 11.5 Å². The number of benzene rings is 1. The van der Waals surface area contributed by atoms with Crippen LogP contribution in [0.15, 0.2) is 18.2 Å². The molecule has 0 bridgehead atoms. The van der Waals surface area contributed by atoms with Crippen molar-refractivity contribution in [3.05, 3.63) is 23.8 Å². The fourth-order valence-corrected chi connectivity index (χ4v) is 1.99. The van der Waals surface area contributed by atoms with E-state index in [0.717, 1.165) is 5.56 Å². The van der Waals surface area contributed by atoms with Gasteiger partial charge in [-0.2, -0.15) is 0 Å². The normalized spacial score (nSPS) is 11.6. The van der Waals surface area contributed by atoms with E-state index in [2.05, 4.69) is 15.4 Å². The number of carbonyl (C=O) groups excluding carboxylic acids is 2. The summed E-state index contributed by atoms with van der Waals surface area (Å²) in [5, 5.41) is 5.30. The standard InChI is InChI=1S/C16H24N2O5/c1-10(2)14(15(19)23-5)18-16(20)17-9-11-6-7-12(21-3)8-13(11)22-4/h6-8,10,14H,9H2,1-5H3,(H2,17,18,20)/t14-/m0/s1. The highest BCUT2D eigenvalue weighted by atomic mass is 16.5. The molecule has 0 aliphatic heterocycles. The lowest BCUT2D eigenvalue weighted by atomic mass is 10.1. The van der Waals surface area contributed by atoms with Crippen molar-refractivity contribution in [3.63, 3.8) is 0 Å². The van der Waals surface area contributed by atoms with Gasteiger partial charge in [0.2, 0.25) is 0 Å². The van der Waals surface area contributed by atoms with Gasteiger partial charge in [0, 0.05) is 18.2 Å². The lowest BCUT2D eigenvalue weighted by Crippen LogP contribution is -2.48. The number of ether oxygens (including phenoxy) is 3. The van der Waals surface area contributed by atoms with Crippen LogP contribution < -0.4 is 20.1 Å². The first-order chi connectivity index (χ1) is 10.9. The van der Waals surface area contributed by atoms with E-state index in [1.807, 2.05) is 13.8 Å². The van der Waals surface area contributed by atoms with E-state index in [-0.39, 0.29) is 12.5 Å². The molecular weight excluding hydrogens is 300 g/mol. The Morgan fingerprint density at radius 3 is 2.35 bits per heavy atom. The first-order valence-electron chi connectivity index (χ1n) is 7.26. The van der Waals surface area contributed by atoms with Crippen LogP contribution in [0.25, 0.3) is 0 Å². The SMILES string of the molecule is COC(=O)[C@@H](NC(=O)NCc1ccc(OC)cc1OC)C(C)C. The summed E-state index contributed by atoms with van der Waals surface area (Å²) < 4.78 is 15.1. The quantitative estimate of drug-likeness (QED) is 0.746. The first-order valence-corrected chi connectivity index (χ1v) is 7.26. The molecule has 0 radical (unpaired) electrons. The van der Waals surface area contributed by atoms with Gasteiger partial charge in [-0.1, -0.05) is 13.8 Å². The van der Waals surface area contributed by atoms with Crippen LogP contribution in [0, 0.1) is 5.92 Å². The Morgan fingerprint density at radius 2 is 1.83 bits per heavy atom. The van der Waals surface area contributed by atoms with Crippen molar-refractivity contribution in [1.29, 1.82) is 0 Å². The van der Waals surface area contributed by atoms with E-state index in [1.165, 1.54) is 7.11 Å². The van der Waals surface area contributed by atoms with Gasteiger partial charge in [0.1, 0.15) is 17.5 Å². The molecule has 0 fully saturated rings. The summed E-state index contributed by atoms with van der Waals surface area (Å²) in [5.74, 6) is 0.722. The summed E-state index contributed by atoms with van der Waals surface area (Å²) in [5.41, 5.74) is 0.794. The number of hydrogen-bond acceptors (Lipinski definition) is 5. The molecule has 7 heteroatoms. The van der Waals surface area contributed by atoms with Gasteiger partial charge < -0.3 is 24.8 Å². The number of rotatable bonds is 7. The molecule has 7 nitrogen and oxygen atoms in total. The first kappa shape index (κ1) is 18.6. The van der Waals surface area contributed by atoms with Gasteiger partial charge in [0.05, 0.1) is 21.3 Å². The molecule has 23 heavy (non-hydrogen) atoms. The number of amides is 2. The van der Waals surface area contributed by atoms with E-state index in [4.69, 9.17) is 9.47 Å². The molecule has 2 N–H and O–H groups in total. The molecule has 1 aromatic carbocycles. The summed E-state index contributed by atoms with van der Waals surface area (Å²) >= 11 is 0. The summed E-state index contributed by atoms with van der Waals surface area (Å²) in [7, 11) is 4.41. The number of hydrogen-bond donors (Lipinski definition) is 2. The van der Waals surface area contributed by atoms with Crippen LogP contribution in [-0.2, 0) is 16.1 Å². The molecule has 0 unspecified atom stereocenters. The Hall–Kier alpha value is -2.44. The van der Waals surface area contributed by atoms with Crippen LogP contribution in [-0.4, -0.2) is 39.4 Å². The lowest BCUT2D eigenvalue weighted by molar-refractivity contribution is -0.143. The van der Waals surface area contributed by atoms with Crippen LogP contribution in [0.4, 0.5) is 4.79 Å². The third kappa shape index (κ3) is 5.36. The van der Waals surface area contributed by atoms with E-state index in [0.29, 0.717) is 11.5 Å². The zero-order chi connectivity index (χ0) is 17.4. The summed E-state index contributed by atoms with van der Waals surface area (Å²) in [6.07, 6.45) is 0. The Morgan fingerprint density at radius 1 is 1.13 bits per heavy atom. The van der Waals surface area contributed by atoms with Gasteiger partial charge in [-0.05, 0) is 18.1 Å². The summed E-state index contributed by atoms with van der Waals surface area (Å²) in [6.45, 7) is 3.91. The third-order valence-electron chi connectivity index (χ3n) is 3.34. The number of carbonyl (C=O) groups is 2. The minimum atomic E-state index is -0.697. The van der Waals surface area contributed by atoms with Crippen molar-refractivity contribution >= 4 is 12.0 Å². The molecule has 1 atom stereocenters. The number of esters is 1. The molecule has 2 amide bonds. The highest BCUT2D eigenvalue weighted by Crippen LogP contribution is 2.24. The predicted octanol–water partition coefficient (Wildman–Crippen LogP) is 1.70. The number of urea groups is 1. The Labute approximate surface area is 136 Å². The zero-order valence-corrected chi connectivity index (χ0v) is 14.1. The van der Waals surface area contributed by atoms with Crippen LogP contribution in [0.1, 0.15) is 19.4 Å². The van der Waals surface area contributed by atoms with E-state index >= 15 is 0 Å². The Kier molecular flexibility index (Phi) is 7.18. The van der Waals surface area contributed by atoms with Crippen molar-refractivity contribution < 1.29 is 23.8 Å². The smallest absolute Gasteiger partial charge is 0.328 e. The number of nitrogens with one attached hydrogen (secondary N) is 2. The minimum absolute atomic E-state index is 0.0799. The van der Waals surface area contributed by atoms with Gasteiger partial charge in [-0.25, -0.2) is 9.59 Å². The topological polar surface area (TPSA) is 85.9 Å². The van der Waals surface area contributed by atoms with Crippen LogP contribution in [0.3, 0.4) is 0 Å². The molecule has 0 spiro atoms. The maximum atomic E-state index is 12.0. The van der Waals surface area contributed by atoms with Gasteiger partial charge in [-0.15, -0.1) is 0 Å². The second-order valence-electron chi connectivity index (χ2n) is 5.25. The Balaban J connectivity index is 2.67. The fraction of sp³-hybridized carbons (Fsp3) is 0.500. The molecule has 128 valence electrons. The van der Waals surface area contributed by atoms with Crippen molar-refractivity contribution in [1.82, 2.24) is 10.6 Å². The van der Waals surface area contributed by atoms with Crippen molar-refractivity contribution in [2.24, 2.45) is 5.92 Å². The minimum Gasteiger partial charge on any atom is -0.497 e. The Bertz CT molecular complexity index is 545. The fourth-order valence-electron chi connectivity index (χ4n) is 1.99.